The van der Waals surface area contributed by atoms with Crippen LogP contribution < -0.4 is 0 Å². The molecule has 0 saturated carbocycles. The number of hydrogen-bond acceptors (Lipinski definition) is 1. The second kappa shape index (κ2) is 12.7. The average Bonchev–Trinajstić information content (AvgIpc) is 2.75. The van der Waals surface area contributed by atoms with Crippen LogP contribution in [-0.4, -0.2) is 10.8 Å². The molecule has 0 N–H and O–H groups in total. The highest BCUT2D eigenvalue weighted by Gasteiger charge is 2.13. The van der Waals surface area contributed by atoms with Crippen molar-refractivity contribution >= 4 is 5.91 Å². The van der Waals surface area contributed by atoms with Crippen LogP contribution in [0.3, 0.4) is 0 Å². The van der Waals surface area contributed by atoms with E-state index in [2.05, 4.69) is 38.1 Å². The first-order chi connectivity index (χ1) is 13.7. The van der Waals surface area contributed by atoms with Crippen molar-refractivity contribution in [3.05, 3.63) is 95.7 Å². The summed E-state index contributed by atoms with van der Waals surface area (Å²) in [7, 11) is 0. The van der Waals surface area contributed by atoms with Gasteiger partial charge < -0.3 is 4.90 Å². The van der Waals surface area contributed by atoms with E-state index in [0.29, 0.717) is 12.1 Å². The lowest BCUT2D eigenvalue weighted by Crippen LogP contribution is -2.25. The summed E-state index contributed by atoms with van der Waals surface area (Å²) in [4.78, 5) is 14.9. The number of unbranched alkanes of at least 4 members (excludes halogenated alkanes) is 3. The summed E-state index contributed by atoms with van der Waals surface area (Å²) in [5.74, 6) is 0.0316. The minimum Gasteiger partial charge on any atom is -0.311 e. The molecule has 0 atom stereocenters. The Morgan fingerprint density at radius 1 is 0.893 bits per heavy atom. The van der Waals surface area contributed by atoms with Crippen molar-refractivity contribution in [2.75, 3.05) is 0 Å². The molecule has 0 spiro atoms. The molecule has 0 saturated heterocycles. The van der Waals surface area contributed by atoms with Gasteiger partial charge in [-0.1, -0.05) is 93.3 Å². The fourth-order valence-corrected chi connectivity index (χ4v) is 3.03. The molecule has 0 radical (unpaired) electrons. The van der Waals surface area contributed by atoms with E-state index < -0.39 is 0 Å². The Morgan fingerprint density at radius 2 is 1.54 bits per heavy atom. The van der Waals surface area contributed by atoms with Gasteiger partial charge in [0.15, 0.2) is 0 Å². The number of hydrogen-bond donors (Lipinski definition) is 0. The zero-order valence-corrected chi connectivity index (χ0v) is 17.3. The third-order valence-electron chi connectivity index (χ3n) is 4.73. The normalized spacial score (nSPS) is 11.7. The van der Waals surface area contributed by atoms with Gasteiger partial charge in [0, 0.05) is 11.8 Å². The van der Waals surface area contributed by atoms with Gasteiger partial charge in [0.2, 0.25) is 0 Å². The molecule has 0 aromatic heterocycles. The minimum absolute atomic E-state index is 0.0316. The third-order valence-corrected chi connectivity index (χ3v) is 4.73. The van der Waals surface area contributed by atoms with E-state index in [1.54, 1.807) is 0 Å². The Kier molecular flexibility index (Phi) is 9.85. The molecule has 0 bridgehead atoms. The Labute approximate surface area is 170 Å². The van der Waals surface area contributed by atoms with Crippen LogP contribution in [0, 0.1) is 0 Å². The molecule has 0 aliphatic carbocycles. The highest BCUT2D eigenvalue weighted by atomic mass is 16.2. The van der Waals surface area contributed by atoms with E-state index in [0.717, 1.165) is 18.4 Å². The van der Waals surface area contributed by atoms with Crippen LogP contribution in [-0.2, 0) is 6.54 Å². The summed E-state index contributed by atoms with van der Waals surface area (Å²) in [5.41, 5.74) is 3.17. The van der Waals surface area contributed by atoms with E-state index in [1.165, 1.54) is 31.3 Å². The van der Waals surface area contributed by atoms with Gasteiger partial charge in [-0.05, 0) is 43.0 Å². The number of allylic oxidation sites excluding steroid dienone is 3. The predicted octanol–water partition coefficient (Wildman–Crippen LogP) is 7.15. The minimum atomic E-state index is 0.0316. The van der Waals surface area contributed by atoms with Gasteiger partial charge in [-0.25, -0.2) is 0 Å². The lowest BCUT2D eigenvalue weighted by molar-refractivity contribution is 0.0813. The topological polar surface area (TPSA) is 20.3 Å². The van der Waals surface area contributed by atoms with E-state index in [-0.39, 0.29) is 5.91 Å². The monoisotopic (exact) mass is 375 g/mol. The standard InChI is InChI=1S/C26H33NO/c1-3-5-9-15-23(14-6-4-2)20-21-27(22-24-16-10-7-11-17-24)26(28)25-18-12-8-13-19-25/h7-8,10-13,15-21H,3-6,9,14,22H2,1-2H3/b21-20+,23-15-. The Hall–Kier alpha value is -2.61. The van der Waals surface area contributed by atoms with Gasteiger partial charge in [0.1, 0.15) is 0 Å². The molecule has 0 heterocycles. The van der Waals surface area contributed by atoms with Crippen molar-refractivity contribution in [1.82, 2.24) is 4.90 Å². The van der Waals surface area contributed by atoms with Crippen molar-refractivity contribution < 1.29 is 4.79 Å². The summed E-state index contributed by atoms with van der Waals surface area (Å²) in [6.07, 6.45) is 13.4. The Morgan fingerprint density at radius 3 is 2.18 bits per heavy atom. The number of nitrogens with zero attached hydrogens (tertiary/aromatic N) is 1. The molecule has 0 aliphatic heterocycles. The van der Waals surface area contributed by atoms with Crippen LogP contribution in [0.5, 0.6) is 0 Å². The summed E-state index contributed by atoms with van der Waals surface area (Å²) in [6, 6.07) is 19.7. The number of carbonyl (C=O) groups is 1. The van der Waals surface area contributed by atoms with E-state index in [9.17, 15) is 4.79 Å². The predicted molar refractivity (Wildman–Crippen MR) is 119 cm³/mol. The van der Waals surface area contributed by atoms with Gasteiger partial charge >= 0.3 is 0 Å². The van der Waals surface area contributed by atoms with Crippen LogP contribution in [0.4, 0.5) is 0 Å². The molecule has 0 unspecified atom stereocenters. The van der Waals surface area contributed by atoms with Gasteiger partial charge in [0.05, 0.1) is 6.54 Å². The van der Waals surface area contributed by atoms with Gasteiger partial charge in [-0.3, -0.25) is 4.79 Å². The molecular weight excluding hydrogens is 342 g/mol. The van der Waals surface area contributed by atoms with Crippen LogP contribution in [0.25, 0.3) is 0 Å². The second-order valence-corrected chi connectivity index (χ2v) is 7.13. The number of benzene rings is 2. The highest BCUT2D eigenvalue weighted by molar-refractivity contribution is 5.94. The molecule has 2 aromatic rings. The molecule has 2 aromatic carbocycles. The van der Waals surface area contributed by atoms with Crippen LogP contribution in [0.1, 0.15) is 68.3 Å². The van der Waals surface area contributed by atoms with Gasteiger partial charge in [0.25, 0.3) is 5.91 Å². The maximum absolute atomic E-state index is 13.1. The number of amides is 1. The number of carbonyl (C=O) groups excluding carboxylic acids is 1. The third kappa shape index (κ3) is 7.56. The quantitative estimate of drug-likeness (QED) is 0.302. The maximum Gasteiger partial charge on any atom is 0.258 e. The molecule has 0 fully saturated rings. The summed E-state index contributed by atoms with van der Waals surface area (Å²) >= 11 is 0. The lowest BCUT2D eigenvalue weighted by Gasteiger charge is -2.19. The van der Waals surface area contributed by atoms with Crippen molar-refractivity contribution in [3.63, 3.8) is 0 Å². The van der Waals surface area contributed by atoms with Crippen LogP contribution in [0.15, 0.2) is 84.6 Å². The maximum atomic E-state index is 13.1. The smallest absolute Gasteiger partial charge is 0.258 e. The highest BCUT2D eigenvalue weighted by Crippen LogP contribution is 2.15. The Balaban J connectivity index is 2.22. The molecule has 148 valence electrons. The van der Waals surface area contributed by atoms with E-state index >= 15 is 0 Å². The largest absolute Gasteiger partial charge is 0.311 e. The van der Waals surface area contributed by atoms with Crippen molar-refractivity contribution in [2.45, 2.75) is 58.9 Å². The van der Waals surface area contributed by atoms with Crippen molar-refractivity contribution in [2.24, 2.45) is 0 Å². The Bertz CT molecular complexity index is 747. The van der Waals surface area contributed by atoms with Crippen LogP contribution >= 0.6 is 0 Å². The zero-order valence-electron chi connectivity index (χ0n) is 17.3. The SMILES string of the molecule is CCCC/C=C(\C=C\N(Cc1ccccc1)C(=O)c1ccccc1)CCCC. The zero-order chi connectivity index (χ0) is 20.0. The lowest BCUT2D eigenvalue weighted by atomic mass is 10.1. The molecule has 2 rings (SSSR count). The molecule has 2 nitrogen and oxygen atoms in total. The molecule has 1 amide bonds. The summed E-state index contributed by atoms with van der Waals surface area (Å²) < 4.78 is 0. The molecular formula is C26H33NO. The van der Waals surface area contributed by atoms with Crippen molar-refractivity contribution in [3.8, 4) is 0 Å². The fourth-order valence-electron chi connectivity index (χ4n) is 3.03. The number of rotatable bonds is 11. The first kappa shape index (κ1) is 21.7. The van der Waals surface area contributed by atoms with E-state index in [4.69, 9.17) is 0 Å². The second-order valence-electron chi connectivity index (χ2n) is 7.13. The van der Waals surface area contributed by atoms with Crippen molar-refractivity contribution in [1.29, 1.82) is 0 Å². The molecule has 2 heteroatoms. The molecule has 0 aliphatic rings. The summed E-state index contributed by atoms with van der Waals surface area (Å²) in [6.45, 7) is 5.00. The molecule has 28 heavy (non-hydrogen) atoms. The first-order valence-electron chi connectivity index (χ1n) is 10.5. The van der Waals surface area contributed by atoms with Gasteiger partial charge in [-0.2, -0.15) is 0 Å². The van der Waals surface area contributed by atoms with Gasteiger partial charge in [-0.15, -0.1) is 0 Å². The fraction of sp³-hybridized carbons (Fsp3) is 0.346. The van der Waals surface area contributed by atoms with Crippen LogP contribution in [0.2, 0.25) is 0 Å². The average molecular weight is 376 g/mol. The van der Waals surface area contributed by atoms with E-state index in [1.807, 2.05) is 59.6 Å². The summed E-state index contributed by atoms with van der Waals surface area (Å²) in [5, 5.41) is 0. The first-order valence-corrected chi connectivity index (χ1v) is 10.5.